The van der Waals surface area contributed by atoms with Gasteiger partial charge in [0.2, 0.25) is 5.95 Å². The van der Waals surface area contributed by atoms with Gasteiger partial charge < -0.3 is 19.9 Å². The highest BCUT2D eigenvalue weighted by atomic mass is 35.5. The van der Waals surface area contributed by atoms with Gasteiger partial charge in [-0.2, -0.15) is 4.98 Å². The summed E-state index contributed by atoms with van der Waals surface area (Å²) in [5.41, 5.74) is 0.926. The molecule has 2 aromatic carbocycles. The summed E-state index contributed by atoms with van der Waals surface area (Å²) in [7, 11) is 3.37. The molecule has 0 bridgehead atoms. The molecule has 0 aliphatic carbocycles. The average molecular weight is 521 g/mol. The summed E-state index contributed by atoms with van der Waals surface area (Å²) >= 11 is 5.71. The lowest BCUT2D eigenvalue weighted by atomic mass is 10.1. The highest BCUT2D eigenvalue weighted by Gasteiger charge is 2.24. The number of piperazine rings is 1. The maximum atomic E-state index is 14.9. The lowest BCUT2D eigenvalue weighted by Crippen LogP contribution is -2.50. The summed E-state index contributed by atoms with van der Waals surface area (Å²) in [6.07, 6.45) is 0.323. The lowest BCUT2D eigenvalue weighted by molar-refractivity contribution is 0.206. The van der Waals surface area contributed by atoms with E-state index in [4.69, 9.17) is 16.3 Å². The molecule has 190 valence electrons. The molecule has 4 rings (SSSR count). The summed E-state index contributed by atoms with van der Waals surface area (Å²) < 4.78 is 47.4. The van der Waals surface area contributed by atoms with E-state index in [0.717, 1.165) is 36.7 Å². The number of nitrogens with zero attached hydrogens (tertiary/aromatic N) is 5. The van der Waals surface area contributed by atoms with Crippen molar-refractivity contribution in [3.63, 3.8) is 0 Å². The third-order valence-corrected chi connectivity index (χ3v) is 6.31. The second kappa shape index (κ2) is 10.6. The number of aromatic nitrogens is 2. The third-order valence-electron chi connectivity index (χ3n) is 5.95. The van der Waals surface area contributed by atoms with Gasteiger partial charge >= 0.3 is 6.09 Å². The molecule has 1 saturated heterocycles. The van der Waals surface area contributed by atoms with Crippen molar-refractivity contribution >= 4 is 40.8 Å². The number of carbonyl (C=O) groups excluding carboxylic acids is 1. The largest absolute Gasteiger partial charge is 0.420 e. The minimum Gasteiger partial charge on any atom is -0.405 e. The minimum absolute atomic E-state index is 0.0856. The van der Waals surface area contributed by atoms with Crippen molar-refractivity contribution in [1.82, 2.24) is 14.9 Å². The fourth-order valence-electron chi connectivity index (χ4n) is 3.69. The monoisotopic (exact) mass is 520 g/mol. The molecule has 12 heteroatoms. The van der Waals surface area contributed by atoms with Crippen molar-refractivity contribution in [3.05, 3.63) is 65.1 Å². The summed E-state index contributed by atoms with van der Waals surface area (Å²) in [5.74, 6) is -2.87. The van der Waals surface area contributed by atoms with E-state index in [1.807, 2.05) is 11.9 Å². The first-order chi connectivity index (χ1) is 17.1. The van der Waals surface area contributed by atoms with E-state index in [2.05, 4.69) is 27.1 Å². The number of hydrogen-bond donors (Lipinski definition) is 1. The topological polar surface area (TPSA) is 73.8 Å². The highest BCUT2D eigenvalue weighted by Crippen LogP contribution is 2.31. The number of carbonyl (C=O) groups is 1. The second-order valence-electron chi connectivity index (χ2n) is 8.40. The van der Waals surface area contributed by atoms with Crippen LogP contribution in [-0.2, 0) is 0 Å². The highest BCUT2D eigenvalue weighted by molar-refractivity contribution is 6.32. The van der Waals surface area contributed by atoms with Crippen LogP contribution in [0.4, 0.5) is 41.1 Å². The van der Waals surface area contributed by atoms with Crippen molar-refractivity contribution < 1.29 is 22.7 Å². The van der Waals surface area contributed by atoms with E-state index >= 15 is 0 Å². The van der Waals surface area contributed by atoms with Crippen molar-refractivity contribution in [3.8, 4) is 5.75 Å². The molecule has 2 heterocycles. The van der Waals surface area contributed by atoms with Crippen LogP contribution in [0.2, 0.25) is 5.02 Å². The predicted molar refractivity (Wildman–Crippen MR) is 132 cm³/mol. The molecular formula is C24H24ClF3N6O2. The van der Waals surface area contributed by atoms with Crippen LogP contribution >= 0.6 is 11.6 Å². The molecule has 1 aliphatic heterocycles. The van der Waals surface area contributed by atoms with Crippen LogP contribution in [-0.4, -0.2) is 60.7 Å². The van der Waals surface area contributed by atoms with E-state index in [9.17, 15) is 18.0 Å². The molecule has 8 nitrogen and oxygen atoms in total. The molecule has 0 saturated carbocycles. The van der Waals surface area contributed by atoms with Gasteiger partial charge in [0.1, 0.15) is 22.5 Å². The number of anilines is 4. The first-order valence-electron chi connectivity index (χ1n) is 11.1. The number of likely N-dealkylation sites (N-methyl/N-ethyl adjacent to an activating group) is 1. The van der Waals surface area contributed by atoms with Gasteiger partial charge in [-0.15, -0.1) is 0 Å². The van der Waals surface area contributed by atoms with Gasteiger partial charge in [-0.1, -0.05) is 11.6 Å². The SMILES string of the molecule is CC1CN(c2ccc(Nc3nccc(N(C)C(=O)Oc4c(F)ccc(F)c4Cl)n3)cc2F)CCN1C. The first kappa shape index (κ1) is 25.5. The van der Waals surface area contributed by atoms with Gasteiger partial charge in [-0.3, -0.25) is 4.90 Å². The summed E-state index contributed by atoms with van der Waals surface area (Å²) in [5, 5.41) is 2.25. The Morgan fingerprint density at radius 2 is 1.89 bits per heavy atom. The molecule has 3 aromatic rings. The standard InChI is InChI=1S/C24H24ClF3N6O2/c1-14-13-34(11-10-32(14)2)19-7-4-15(12-18(19)28)30-23-29-9-8-20(31-23)33(3)24(35)36-22-17(27)6-5-16(26)21(22)25/h4-9,12,14H,10-11,13H2,1-3H3,(H,29,30,31). The fourth-order valence-corrected chi connectivity index (χ4v) is 3.88. The Morgan fingerprint density at radius 3 is 2.61 bits per heavy atom. The Labute approximate surface area is 211 Å². The number of benzene rings is 2. The first-order valence-corrected chi connectivity index (χ1v) is 11.5. The van der Waals surface area contributed by atoms with Gasteiger partial charge in [0.05, 0.1) is 5.69 Å². The molecular weight excluding hydrogens is 497 g/mol. The van der Waals surface area contributed by atoms with Crippen LogP contribution in [0.25, 0.3) is 0 Å². The van der Waals surface area contributed by atoms with Crippen LogP contribution in [0, 0.1) is 17.5 Å². The van der Waals surface area contributed by atoms with Gasteiger partial charge in [-0.25, -0.2) is 22.9 Å². The zero-order valence-corrected chi connectivity index (χ0v) is 20.6. The summed E-state index contributed by atoms with van der Waals surface area (Å²) in [4.78, 5) is 26.0. The van der Waals surface area contributed by atoms with Crippen molar-refractivity contribution in [2.24, 2.45) is 0 Å². The molecule has 1 fully saturated rings. The average Bonchev–Trinajstić information content (AvgIpc) is 2.85. The normalized spacial score (nSPS) is 16.1. The number of ether oxygens (including phenoxy) is 1. The maximum Gasteiger partial charge on any atom is 0.420 e. The number of amides is 1. The second-order valence-corrected chi connectivity index (χ2v) is 8.78. The molecule has 1 N–H and O–H groups in total. The van der Waals surface area contributed by atoms with Crippen LogP contribution in [0.15, 0.2) is 42.6 Å². The number of hydrogen-bond acceptors (Lipinski definition) is 7. The van der Waals surface area contributed by atoms with Crippen molar-refractivity contribution in [2.75, 3.05) is 48.8 Å². The summed E-state index contributed by atoms with van der Waals surface area (Å²) in [6, 6.07) is 8.09. The molecule has 0 spiro atoms. The quantitative estimate of drug-likeness (QED) is 0.471. The summed E-state index contributed by atoms with van der Waals surface area (Å²) in [6.45, 7) is 4.39. The van der Waals surface area contributed by atoms with Gasteiger partial charge in [0, 0.05) is 44.6 Å². The van der Waals surface area contributed by atoms with Gasteiger partial charge in [0.15, 0.2) is 11.6 Å². The smallest absolute Gasteiger partial charge is 0.405 e. The molecule has 1 aliphatic rings. The number of nitrogens with one attached hydrogen (secondary N) is 1. The zero-order chi connectivity index (χ0) is 26.0. The number of rotatable bonds is 5. The Kier molecular flexibility index (Phi) is 7.51. The van der Waals surface area contributed by atoms with E-state index in [0.29, 0.717) is 17.4 Å². The van der Waals surface area contributed by atoms with E-state index in [1.165, 1.54) is 25.4 Å². The van der Waals surface area contributed by atoms with Crippen LogP contribution < -0.4 is 19.9 Å². The Morgan fingerprint density at radius 1 is 1.14 bits per heavy atom. The maximum absolute atomic E-state index is 14.9. The van der Waals surface area contributed by atoms with E-state index in [-0.39, 0.29) is 17.6 Å². The van der Waals surface area contributed by atoms with Crippen LogP contribution in [0.3, 0.4) is 0 Å². The van der Waals surface area contributed by atoms with Gasteiger partial charge in [-0.05, 0) is 50.4 Å². The lowest BCUT2D eigenvalue weighted by Gasteiger charge is -2.39. The van der Waals surface area contributed by atoms with E-state index < -0.39 is 28.5 Å². The fraction of sp³-hybridized carbons (Fsp3) is 0.292. The Hall–Kier alpha value is -3.57. The molecule has 1 aromatic heterocycles. The molecule has 0 radical (unpaired) electrons. The Bertz CT molecular complexity index is 1280. The minimum atomic E-state index is -1.05. The molecule has 1 unspecified atom stereocenters. The molecule has 1 atom stereocenters. The van der Waals surface area contributed by atoms with Crippen molar-refractivity contribution in [1.29, 1.82) is 0 Å². The zero-order valence-electron chi connectivity index (χ0n) is 19.8. The molecule has 1 amide bonds. The Balaban J connectivity index is 1.46. The molecule has 36 heavy (non-hydrogen) atoms. The predicted octanol–water partition coefficient (Wildman–Crippen LogP) is 5.07. The van der Waals surface area contributed by atoms with Crippen molar-refractivity contribution in [2.45, 2.75) is 13.0 Å². The number of halogens is 4. The van der Waals surface area contributed by atoms with Crippen LogP contribution in [0.1, 0.15) is 6.92 Å². The van der Waals surface area contributed by atoms with Gasteiger partial charge in [0.25, 0.3) is 0 Å². The third kappa shape index (κ3) is 5.47. The van der Waals surface area contributed by atoms with Crippen LogP contribution in [0.5, 0.6) is 5.75 Å². The van der Waals surface area contributed by atoms with E-state index in [1.54, 1.807) is 12.1 Å².